The summed E-state index contributed by atoms with van der Waals surface area (Å²) in [6.07, 6.45) is 3.82. The molecular weight excluding hydrogens is 256 g/mol. The fraction of sp³-hybridized carbons (Fsp3) is 0.231. The van der Waals surface area contributed by atoms with E-state index in [1.165, 1.54) is 6.39 Å². The summed E-state index contributed by atoms with van der Waals surface area (Å²) in [6.45, 7) is 1.42. The van der Waals surface area contributed by atoms with Crippen LogP contribution in [-0.2, 0) is 13.0 Å². The average Bonchev–Trinajstić information content (AvgIpc) is 3.16. The molecule has 0 radical (unpaired) electrons. The van der Waals surface area contributed by atoms with Crippen LogP contribution in [-0.4, -0.2) is 31.7 Å². The van der Waals surface area contributed by atoms with E-state index in [2.05, 4.69) is 30.2 Å². The molecule has 7 nitrogen and oxygen atoms in total. The zero-order valence-electron chi connectivity index (χ0n) is 10.8. The number of nitrogens with zero attached hydrogens (tertiary/aromatic N) is 5. The van der Waals surface area contributed by atoms with Gasteiger partial charge in [-0.3, -0.25) is 0 Å². The summed E-state index contributed by atoms with van der Waals surface area (Å²) in [5.41, 5.74) is 1.84. The van der Waals surface area contributed by atoms with Gasteiger partial charge in [0.25, 0.3) is 0 Å². The second-order valence-electron chi connectivity index (χ2n) is 4.24. The van der Waals surface area contributed by atoms with Gasteiger partial charge in [0.1, 0.15) is 0 Å². The van der Waals surface area contributed by atoms with E-state index in [0.29, 0.717) is 12.4 Å². The molecular formula is C13H14N6O. The van der Waals surface area contributed by atoms with E-state index in [4.69, 9.17) is 0 Å². The molecule has 2 heterocycles. The molecule has 0 aliphatic carbocycles. The molecule has 0 aliphatic rings. The SMILES string of the molecule is c1ccc(-n2ncc(CNCCc3ncon3)n2)cc1. The van der Waals surface area contributed by atoms with Crippen molar-refractivity contribution in [3.63, 3.8) is 0 Å². The Balaban J connectivity index is 1.50. The van der Waals surface area contributed by atoms with Gasteiger partial charge in [0, 0.05) is 19.5 Å². The Kier molecular flexibility index (Phi) is 3.79. The minimum Gasteiger partial charge on any atom is -0.343 e. The highest BCUT2D eigenvalue weighted by Gasteiger charge is 2.03. The smallest absolute Gasteiger partial charge is 0.213 e. The van der Waals surface area contributed by atoms with E-state index in [1.54, 1.807) is 11.0 Å². The quantitative estimate of drug-likeness (QED) is 0.672. The molecule has 0 bridgehead atoms. The monoisotopic (exact) mass is 270 g/mol. The van der Waals surface area contributed by atoms with Gasteiger partial charge in [-0.15, -0.1) is 0 Å². The van der Waals surface area contributed by atoms with Gasteiger partial charge in [-0.1, -0.05) is 23.4 Å². The number of hydrogen-bond acceptors (Lipinski definition) is 6. The molecule has 1 aromatic carbocycles. The van der Waals surface area contributed by atoms with Gasteiger partial charge in [-0.05, 0) is 12.1 Å². The second kappa shape index (κ2) is 6.07. The third kappa shape index (κ3) is 3.07. The normalized spacial score (nSPS) is 10.8. The van der Waals surface area contributed by atoms with Crippen LogP contribution < -0.4 is 5.32 Å². The lowest BCUT2D eigenvalue weighted by atomic mass is 10.3. The Morgan fingerprint density at radius 2 is 2.10 bits per heavy atom. The summed E-state index contributed by atoms with van der Waals surface area (Å²) in [6, 6.07) is 9.82. The largest absolute Gasteiger partial charge is 0.343 e. The lowest BCUT2D eigenvalue weighted by molar-refractivity contribution is 0.409. The molecule has 2 aromatic heterocycles. The molecule has 3 aromatic rings. The number of nitrogens with one attached hydrogen (secondary N) is 1. The first kappa shape index (κ1) is 12.5. The number of rotatable bonds is 6. The summed E-state index contributed by atoms with van der Waals surface area (Å²) in [5.74, 6) is 0.699. The third-order valence-corrected chi connectivity index (χ3v) is 2.76. The molecule has 0 saturated carbocycles. The van der Waals surface area contributed by atoms with E-state index in [-0.39, 0.29) is 0 Å². The maximum absolute atomic E-state index is 4.67. The van der Waals surface area contributed by atoms with Gasteiger partial charge in [0.15, 0.2) is 5.82 Å². The summed E-state index contributed by atoms with van der Waals surface area (Å²) >= 11 is 0. The van der Waals surface area contributed by atoms with Crippen molar-refractivity contribution in [3.05, 3.63) is 54.4 Å². The highest BCUT2D eigenvalue weighted by molar-refractivity contribution is 5.28. The molecule has 7 heteroatoms. The van der Waals surface area contributed by atoms with Crippen LogP contribution >= 0.6 is 0 Å². The Morgan fingerprint density at radius 1 is 1.20 bits per heavy atom. The van der Waals surface area contributed by atoms with E-state index < -0.39 is 0 Å². The van der Waals surface area contributed by atoms with Crippen LogP contribution in [0.2, 0.25) is 0 Å². The van der Waals surface area contributed by atoms with Gasteiger partial charge >= 0.3 is 0 Å². The zero-order chi connectivity index (χ0) is 13.6. The topological polar surface area (TPSA) is 81.7 Å². The average molecular weight is 270 g/mol. The Hall–Kier alpha value is -2.54. The fourth-order valence-corrected chi connectivity index (χ4v) is 1.78. The molecule has 20 heavy (non-hydrogen) atoms. The van der Waals surface area contributed by atoms with Crippen molar-refractivity contribution in [2.75, 3.05) is 6.54 Å². The third-order valence-electron chi connectivity index (χ3n) is 2.76. The second-order valence-corrected chi connectivity index (χ2v) is 4.24. The molecule has 0 spiro atoms. The van der Waals surface area contributed by atoms with Gasteiger partial charge in [0.2, 0.25) is 6.39 Å². The highest BCUT2D eigenvalue weighted by atomic mass is 16.5. The summed E-state index contributed by atoms with van der Waals surface area (Å²) < 4.78 is 4.67. The minimum atomic E-state index is 0.657. The van der Waals surface area contributed by atoms with Crippen LogP contribution in [0.3, 0.4) is 0 Å². The van der Waals surface area contributed by atoms with Gasteiger partial charge in [0.05, 0.1) is 17.6 Å². The summed E-state index contributed by atoms with van der Waals surface area (Å²) in [7, 11) is 0. The predicted octanol–water partition coefficient (Wildman–Crippen LogP) is 0.983. The van der Waals surface area contributed by atoms with Crippen LogP contribution in [0.4, 0.5) is 0 Å². The Morgan fingerprint density at radius 3 is 2.90 bits per heavy atom. The first-order valence-electron chi connectivity index (χ1n) is 6.34. The highest BCUT2D eigenvalue weighted by Crippen LogP contribution is 2.03. The number of para-hydroxylation sites is 1. The first-order chi connectivity index (χ1) is 9.92. The van der Waals surface area contributed by atoms with Crippen LogP contribution in [0.25, 0.3) is 5.69 Å². The van der Waals surface area contributed by atoms with Crippen molar-refractivity contribution in [1.82, 2.24) is 30.5 Å². The molecule has 0 unspecified atom stereocenters. The molecule has 102 valence electrons. The van der Waals surface area contributed by atoms with Crippen molar-refractivity contribution >= 4 is 0 Å². The molecule has 0 fully saturated rings. The van der Waals surface area contributed by atoms with E-state index in [1.807, 2.05) is 30.3 Å². The van der Waals surface area contributed by atoms with Crippen LogP contribution in [0, 0.1) is 0 Å². The van der Waals surface area contributed by atoms with Crippen molar-refractivity contribution in [2.24, 2.45) is 0 Å². The standard InChI is InChI=1S/C13H14N6O/c1-2-4-12(5-3-1)19-16-9-11(17-19)8-14-7-6-13-15-10-20-18-13/h1-5,9-10,14H,6-8H2. The number of benzene rings is 1. The molecule has 1 N–H and O–H groups in total. The summed E-state index contributed by atoms with van der Waals surface area (Å²) in [4.78, 5) is 5.58. The molecule has 0 saturated heterocycles. The summed E-state index contributed by atoms with van der Waals surface area (Å²) in [5, 5.41) is 15.7. The van der Waals surface area contributed by atoms with E-state index in [9.17, 15) is 0 Å². The molecule has 0 aliphatic heterocycles. The number of hydrogen-bond donors (Lipinski definition) is 1. The Labute approximate surface area is 115 Å². The van der Waals surface area contributed by atoms with Gasteiger partial charge < -0.3 is 9.84 Å². The number of aromatic nitrogens is 5. The van der Waals surface area contributed by atoms with Crippen LogP contribution in [0.5, 0.6) is 0 Å². The fourth-order valence-electron chi connectivity index (χ4n) is 1.78. The molecule has 0 atom stereocenters. The van der Waals surface area contributed by atoms with Crippen LogP contribution in [0.1, 0.15) is 11.5 Å². The lowest BCUT2D eigenvalue weighted by Gasteiger charge is -2.00. The molecule has 3 rings (SSSR count). The molecule has 0 amide bonds. The minimum absolute atomic E-state index is 0.657. The van der Waals surface area contributed by atoms with Crippen molar-refractivity contribution in [1.29, 1.82) is 0 Å². The van der Waals surface area contributed by atoms with Crippen LogP contribution in [0.15, 0.2) is 47.4 Å². The predicted molar refractivity (Wildman–Crippen MR) is 71.1 cm³/mol. The van der Waals surface area contributed by atoms with Gasteiger partial charge in [-0.25, -0.2) is 0 Å². The zero-order valence-corrected chi connectivity index (χ0v) is 10.8. The van der Waals surface area contributed by atoms with Gasteiger partial charge in [-0.2, -0.15) is 20.0 Å². The van der Waals surface area contributed by atoms with Crippen molar-refractivity contribution in [2.45, 2.75) is 13.0 Å². The Bertz CT molecular complexity index is 634. The lowest BCUT2D eigenvalue weighted by Crippen LogP contribution is -2.17. The van der Waals surface area contributed by atoms with E-state index >= 15 is 0 Å². The first-order valence-corrected chi connectivity index (χ1v) is 6.34. The maximum Gasteiger partial charge on any atom is 0.213 e. The van der Waals surface area contributed by atoms with E-state index in [0.717, 1.165) is 24.3 Å². The maximum atomic E-state index is 4.67. The van der Waals surface area contributed by atoms with Crippen molar-refractivity contribution < 1.29 is 4.52 Å². The van der Waals surface area contributed by atoms with Crippen molar-refractivity contribution in [3.8, 4) is 5.69 Å².